The number of nitrogens with zero attached hydrogens (tertiary/aromatic N) is 1. The predicted octanol–water partition coefficient (Wildman–Crippen LogP) is 2.50. The molecule has 27 heavy (non-hydrogen) atoms. The van der Waals surface area contributed by atoms with Crippen LogP contribution in [0, 0.1) is 0 Å². The molecule has 4 rings (SSSR count). The summed E-state index contributed by atoms with van der Waals surface area (Å²) in [6.45, 7) is 1.90. The average molecular weight is 387 g/mol. The molecule has 0 bridgehead atoms. The Kier molecular flexibility index (Phi) is 4.47. The number of anilines is 1. The van der Waals surface area contributed by atoms with Gasteiger partial charge in [0.15, 0.2) is 0 Å². The summed E-state index contributed by atoms with van der Waals surface area (Å²) in [6.07, 6.45) is -0.521. The van der Waals surface area contributed by atoms with Crippen LogP contribution in [0.15, 0.2) is 65.6 Å². The second-order valence-corrected chi connectivity index (χ2v) is 7.79. The second kappa shape index (κ2) is 6.80. The number of fused-ring (bicyclic) bond motifs is 3. The maximum absolute atomic E-state index is 13.2. The lowest BCUT2D eigenvalue weighted by molar-refractivity contribution is -0.329. The van der Waals surface area contributed by atoms with Crippen LogP contribution in [-0.4, -0.2) is 33.3 Å². The second-order valence-electron chi connectivity index (χ2n) is 5.97. The van der Waals surface area contributed by atoms with Crippen molar-refractivity contribution in [2.24, 2.45) is 0 Å². The van der Waals surface area contributed by atoms with Gasteiger partial charge < -0.3 is 4.74 Å². The van der Waals surface area contributed by atoms with E-state index in [0.29, 0.717) is 16.8 Å². The highest BCUT2D eigenvalue weighted by Gasteiger charge is 2.46. The van der Waals surface area contributed by atoms with Crippen LogP contribution in [0.25, 0.3) is 5.57 Å². The Morgan fingerprint density at radius 2 is 1.78 bits per heavy atom. The standard InChI is InChI=1S/C19H17NO6S/c1-2-24-19(21)17-12-15-14-10-6-7-11-16(14)20(18(15)26-25-17)27(22,23)13-8-4-3-5-9-13/h3-12,17-18H,2H2,1H3/t17-,18+/m1/s1. The van der Waals surface area contributed by atoms with Crippen LogP contribution < -0.4 is 4.31 Å². The van der Waals surface area contributed by atoms with E-state index in [2.05, 4.69) is 0 Å². The largest absolute Gasteiger partial charge is 0.464 e. The maximum atomic E-state index is 13.2. The summed E-state index contributed by atoms with van der Waals surface area (Å²) in [5, 5.41) is 0. The monoisotopic (exact) mass is 387 g/mol. The van der Waals surface area contributed by atoms with Gasteiger partial charge in [0.1, 0.15) is 0 Å². The molecule has 2 aromatic carbocycles. The zero-order valence-corrected chi connectivity index (χ0v) is 15.3. The van der Waals surface area contributed by atoms with Crippen molar-refractivity contribution in [1.82, 2.24) is 0 Å². The third-order valence-electron chi connectivity index (χ3n) is 4.33. The molecular formula is C19H17NO6S. The molecule has 2 atom stereocenters. The van der Waals surface area contributed by atoms with Crippen LogP contribution in [0.3, 0.4) is 0 Å². The van der Waals surface area contributed by atoms with E-state index in [9.17, 15) is 13.2 Å². The lowest BCUT2D eigenvalue weighted by Crippen LogP contribution is -2.43. The van der Waals surface area contributed by atoms with Gasteiger partial charge in [0.25, 0.3) is 10.0 Å². The Morgan fingerprint density at radius 3 is 2.52 bits per heavy atom. The van der Waals surface area contributed by atoms with Crippen LogP contribution in [-0.2, 0) is 29.3 Å². The van der Waals surface area contributed by atoms with E-state index in [1.54, 1.807) is 55.5 Å². The molecule has 0 N–H and O–H groups in total. The maximum Gasteiger partial charge on any atom is 0.342 e. The number of benzene rings is 2. The minimum atomic E-state index is -3.90. The summed E-state index contributed by atoms with van der Waals surface area (Å²) in [5.41, 5.74) is 1.68. The van der Waals surface area contributed by atoms with E-state index >= 15 is 0 Å². The highest BCUT2D eigenvalue weighted by atomic mass is 32.2. The first-order valence-electron chi connectivity index (χ1n) is 8.43. The van der Waals surface area contributed by atoms with E-state index in [4.69, 9.17) is 14.5 Å². The normalized spacial score (nSPS) is 21.2. The number of sulfonamides is 1. The van der Waals surface area contributed by atoms with E-state index in [1.807, 2.05) is 0 Å². The van der Waals surface area contributed by atoms with Crippen LogP contribution in [0.2, 0.25) is 0 Å². The molecule has 0 saturated heterocycles. The molecule has 140 valence electrons. The van der Waals surface area contributed by atoms with E-state index in [-0.39, 0.29) is 11.5 Å². The van der Waals surface area contributed by atoms with Gasteiger partial charge in [-0.05, 0) is 31.2 Å². The number of para-hydroxylation sites is 1. The van der Waals surface area contributed by atoms with Crippen molar-refractivity contribution in [3.63, 3.8) is 0 Å². The molecule has 0 aromatic heterocycles. The molecule has 2 aromatic rings. The Bertz CT molecular complexity index is 1000. The Labute approximate surface area is 156 Å². The van der Waals surface area contributed by atoms with Crippen molar-refractivity contribution < 1.29 is 27.7 Å². The van der Waals surface area contributed by atoms with E-state index in [0.717, 1.165) is 0 Å². The molecule has 8 heteroatoms. The predicted molar refractivity (Wildman–Crippen MR) is 96.9 cm³/mol. The van der Waals surface area contributed by atoms with Crippen LogP contribution in [0.5, 0.6) is 0 Å². The van der Waals surface area contributed by atoms with Gasteiger partial charge in [0.05, 0.1) is 17.2 Å². The van der Waals surface area contributed by atoms with Gasteiger partial charge in [-0.15, -0.1) is 0 Å². The zero-order chi connectivity index (χ0) is 19.0. The van der Waals surface area contributed by atoms with Gasteiger partial charge in [0.2, 0.25) is 12.3 Å². The Balaban J connectivity index is 1.81. The van der Waals surface area contributed by atoms with Gasteiger partial charge in [0, 0.05) is 11.1 Å². The molecule has 0 radical (unpaired) electrons. The minimum absolute atomic E-state index is 0.136. The van der Waals surface area contributed by atoms with Crippen molar-refractivity contribution >= 4 is 27.3 Å². The molecule has 0 unspecified atom stereocenters. The smallest absolute Gasteiger partial charge is 0.342 e. The summed E-state index contributed by atoms with van der Waals surface area (Å²) >= 11 is 0. The van der Waals surface area contributed by atoms with E-state index < -0.39 is 28.3 Å². The number of esters is 1. The summed E-state index contributed by atoms with van der Waals surface area (Å²) in [4.78, 5) is 22.6. The quantitative estimate of drug-likeness (QED) is 0.592. The molecule has 0 amide bonds. The first kappa shape index (κ1) is 17.7. The van der Waals surface area contributed by atoms with Crippen LogP contribution in [0.4, 0.5) is 5.69 Å². The Morgan fingerprint density at radius 1 is 1.07 bits per heavy atom. The van der Waals surface area contributed by atoms with Crippen LogP contribution in [0.1, 0.15) is 12.5 Å². The number of carbonyl (C=O) groups excluding carboxylic acids is 1. The molecule has 7 nitrogen and oxygen atoms in total. The van der Waals surface area contributed by atoms with Crippen molar-refractivity contribution in [1.29, 1.82) is 0 Å². The zero-order valence-electron chi connectivity index (χ0n) is 14.4. The van der Waals surface area contributed by atoms with Crippen molar-refractivity contribution in [3.8, 4) is 0 Å². The average Bonchev–Trinajstić information content (AvgIpc) is 3.03. The summed E-state index contributed by atoms with van der Waals surface area (Å²) in [5.74, 6) is -0.592. The number of rotatable bonds is 4. The highest BCUT2D eigenvalue weighted by molar-refractivity contribution is 7.93. The molecule has 0 aliphatic carbocycles. The number of hydrogen-bond acceptors (Lipinski definition) is 6. The van der Waals surface area contributed by atoms with Gasteiger partial charge in [-0.2, -0.15) is 0 Å². The fourth-order valence-corrected chi connectivity index (χ4v) is 4.70. The van der Waals surface area contributed by atoms with Gasteiger partial charge >= 0.3 is 5.97 Å². The number of hydrogen-bond donors (Lipinski definition) is 0. The summed E-state index contributed by atoms with van der Waals surface area (Å²) in [7, 11) is -3.90. The third kappa shape index (κ3) is 2.91. The summed E-state index contributed by atoms with van der Waals surface area (Å²) < 4.78 is 32.6. The first-order valence-corrected chi connectivity index (χ1v) is 9.87. The van der Waals surface area contributed by atoms with Gasteiger partial charge in [-0.3, -0.25) is 0 Å². The lowest BCUT2D eigenvalue weighted by Gasteiger charge is -2.29. The molecule has 0 saturated carbocycles. The van der Waals surface area contributed by atoms with Crippen LogP contribution >= 0.6 is 0 Å². The Hall–Kier alpha value is -2.68. The lowest BCUT2D eigenvalue weighted by atomic mass is 10.0. The van der Waals surface area contributed by atoms with Crippen molar-refractivity contribution in [3.05, 3.63) is 66.2 Å². The fourth-order valence-electron chi connectivity index (χ4n) is 3.16. The fraction of sp³-hybridized carbons (Fsp3) is 0.211. The molecular weight excluding hydrogens is 370 g/mol. The molecule has 0 spiro atoms. The first-order chi connectivity index (χ1) is 13.0. The molecule has 2 aliphatic rings. The van der Waals surface area contributed by atoms with Crippen molar-refractivity contribution in [2.75, 3.05) is 10.9 Å². The number of carbonyl (C=O) groups is 1. The molecule has 0 fully saturated rings. The highest BCUT2D eigenvalue weighted by Crippen LogP contribution is 2.45. The topological polar surface area (TPSA) is 82.1 Å². The van der Waals surface area contributed by atoms with Crippen molar-refractivity contribution in [2.45, 2.75) is 24.2 Å². The summed E-state index contributed by atoms with van der Waals surface area (Å²) in [6, 6.07) is 15.1. The number of ether oxygens (including phenoxy) is 1. The molecule has 2 aliphatic heterocycles. The minimum Gasteiger partial charge on any atom is -0.464 e. The molecule has 2 heterocycles. The third-order valence-corrected chi connectivity index (χ3v) is 6.11. The SMILES string of the molecule is CCOC(=O)[C@H]1C=C2c3ccccc3N(S(=O)(=O)c3ccccc3)[C@H]2OO1. The van der Waals surface area contributed by atoms with Gasteiger partial charge in [-0.1, -0.05) is 36.4 Å². The van der Waals surface area contributed by atoms with Gasteiger partial charge in [-0.25, -0.2) is 27.3 Å². The van der Waals surface area contributed by atoms with E-state index in [1.165, 1.54) is 16.4 Å².